The third-order valence-corrected chi connectivity index (χ3v) is 3.45. The number of amides is 1. The van der Waals surface area contributed by atoms with Gasteiger partial charge in [0, 0.05) is 13.2 Å². The van der Waals surface area contributed by atoms with E-state index in [1.807, 2.05) is 42.8 Å². The lowest BCUT2D eigenvalue weighted by Gasteiger charge is -2.13. The van der Waals surface area contributed by atoms with Crippen molar-refractivity contribution in [1.29, 1.82) is 0 Å². The summed E-state index contributed by atoms with van der Waals surface area (Å²) < 4.78 is 2.00. The Morgan fingerprint density at radius 2 is 1.95 bits per heavy atom. The molecule has 1 amide bonds. The van der Waals surface area contributed by atoms with Crippen LogP contribution in [0, 0.1) is 0 Å². The Morgan fingerprint density at radius 1 is 1.19 bits per heavy atom. The molecule has 2 aromatic heterocycles. The maximum Gasteiger partial charge on any atom is 0.270 e. The minimum atomic E-state index is -0.199. The molecule has 0 bridgehead atoms. The largest absolute Gasteiger partial charge is 0.341 e. The zero-order chi connectivity index (χ0) is 14.8. The lowest BCUT2D eigenvalue weighted by molar-refractivity contribution is 0.0933. The molecule has 0 unspecified atom stereocenters. The number of hydrogen-bond donors (Lipinski definition) is 1. The van der Waals surface area contributed by atoms with E-state index in [0.717, 1.165) is 16.9 Å². The monoisotopic (exact) mass is 280 g/mol. The number of para-hydroxylation sites is 2. The van der Waals surface area contributed by atoms with Gasteiger partial charge in [-0.25, -0.2) is 4.98 Å². The molecule has 2 heterocycles. The number of carbonyl (C=O) groups is 1. The molecule has 0 radical (unpaired) electrons. The van der Waals surface area contributed by atoms with E-state index >= 15 is 0 Å². The number of imidazole rings is 1. The molecule has 5 heteroatoms. The predicted octanol–water partition coefficient (Wildman–Crippen LogP) is 2.46. The molecule has 1 N–H and O–H groups in total. The van der Waals surface area contributed by atoms with E-state index in [9.17, 15) is 4.79 Å². The van der Waals surface area contributed by atoms with Gasteiger partial charge < -0.3 is 9.88 Å². The van der Waals surface area contributed by atoms with E-state index in [2.05, 4.69) is 15.3 Å². The number of aryl methyl sites for hydroxylation is 1. The number of hydrogen-bond acceptors (Lipinski definition) is 3. The fourth-order valence-corrected chi connectivity index (χ4v) is 2.38. The molecule has 0 aliphatic carbocycles. The van der Waals surface area contributed by atoms with Crippen molar-refractivity contribution in [2.24, 2.45) is 7.05 Å². The topological polar surface area (TPSA) is 59.8 Å². The summed E-state index contributed by atoms with van der Waals surface area (Å²) in [7, 11) is 1.95. The van der Waals surface area contributed by atoms with E-state index in [-0.39, 0.29) is 11.9 Å². The van der Waals surface area contributed by atoms with Gasteiger partial charge in [0.15, 0.2) is 0 Å². The second-order valence-electron chi connectivity index (χ2n) is 4.93. The Labute approximate surface area is 122 Å². The molecule has 21 heavy (non-hydrogen) atoms. The number of benzene rings is 1. The van der Waals surface area contributed by atoms with Crippen LogP contribution in [0.1, 0.15) is 29.3 Å². The van der Waals surface area contributed by atoms with Gasteiger partial charge in [-0.2, -0.15) is 0 Å². The van der Waals surface area contributed by atoms with Crippen LogP contribution in [0.5, 0.6) is 0 Å². The molecule has 0 spiro atoms. The van der Waals surface area contributed by atoms with Gasteiger partial charge in [-0.1, -0.05) is 18.2 Å². The van der Waals surface area contributed by atoms with Crippen LogP contribution in [0.3, 0.4) is 0 Å². The highest BCUT2D eigenvalue weighted by Crippen LogP contribution is 2.19. The molecule has 0 fully saturated rings. The SMILES string of the molecule is C[C@@H](NC(=O)c1ccccn1)c1nc2ccccc2n1C. The van der Waals surface area contributed by atoms with Gasteiger partial charge in [-0.3, -0.25) is 9.78 Å². The second kappa shape index (κ2) is 5.36. The Bertz CT molecular complexity index is 779. The number of fused-ring (bicyclic) bond motifs is 1. The highest BCUT2D eigenvalue weighted by Gasteiger charge is 2.17. The number of rotatable bonds is 3. The van der Waals surface area contributed by atoms with Crippen LogP contribution >= 0.6 is 0 Å². The van der Waals surface area contributed by atoms with Crippen molar-refractivity contribution in [3.8, 4) is 0 Å². The standard InChI is InChI=1S/C16H16N4O/c1-11(18-16(21)13-8-5-6-10-17-13)15-19-12-7-3-4-9-14(12)20(15)2/h3-11H,1-2H3,(H,18,21)/t11-/m1/s1. The van der Waals surface area contributed by atoms with Gasteiger partial charge in [0.2, 0.25) is 0 Å². The normalized spacial score (nSPS) is 12.3. The molecule has 0 saturated carbocycles. The van der Waals surface area contributed by atoms with Gasteiger partial charge in [0.1, 0.15) is 11.5 Å². The molecule has 106 valence electrons. The zero-order valence-electron chi connectivity index (χ0n) is 11.9. The fraction of sp³-hybridized carbons (Fsp3) is 0.188. The van der Waals surface area contributed by atoms with Crippen LogP contribution in [-0.4, -0.2) is 20.4 Å². The van der Waals surface area contributed by atoms with Gasteiger partial charge in [-0.15, -0.1) is 0 Å². The van der Waals surface area contributed by atoms with E-state index in [1.54, 1.807) is 24.4 Å². The van der Waals surface area contributed by atoms with E-state index in [4.69, 9.17) is 0 Å². The lowest BCUT2D eigenvalue weighted by Crippen LogP contribution is -2.29. The van der Waals surface area contributed by atoms with Crippen LogP contribution in [0.2, 0.25) is 0 Å². The smallest absolute Gasteiger partial charge is 0.270 e. The van der Waals surface area contributed by atoms with Crippen molar-refractivity contribution in [1.82, 2.24) is 19.9 Å². The predicted molar refractivity (Wildman–Crippen MR) is 80.8 cm³/mol. The summed E-state index contributed by atoms with van der Waals surface area (Å²) in [5.74, 6) is 0.621. The van der Waals surface area contributed by atoms with Crippen LogP contribution in [-0.2, 0) is 7.05 Å². The highest BCUT2D eigenvalue weighted by atomic mass is 16.1. The molecule has 3 rings (SSSR count). The summed E-state index contributed by atoms with van der Waals surface area (Å²) >= 11 is 0. The van der Waals surface area contributed by atoms with E-state index < -0.39 is 0 Å². The molecule has 0 aliphatic heterocycles. The average molecular weight is 280 g/mol. The molecular formula is C16H16N4O. The first-order valence-corrected chi connectivity index (χ1v) is 6.80. The summed E-state index contributed by atoms with van der Waals surface area (Å²) in [5, 5.41) is 2.93. The van der Waals surface area contributed by atoms with Gasteiger partial charge in [0.25, 0.3) is 5.91 Å². The molecule has 5 nitrogen and oxygen atoms in total. The van der Waals surface area contributed by atoms with Crippen LogP contribution in [0.15, 0.2) is 48.7 Å². The van der Waals surface area contributed by atoms with Crippen molar-refractivity contribution < 1.29 is 4.79 Å². The third-order valence-electron chi connectivity index (χ3n) is 3.45. The lowest BCUT2D eigenvalue weighted by atomic mass is 10.2. The molecule has 1 aromatic carbocycles. The van der Waals surface area contributed by atoms with Crippen molar-refractivity contribution in [3.63, 3.8) is 0 Å². The second-order valence-corrected chi connectivity index (χ2v) is 4.93. The number of carbonyl (C=O) groups excluding carboxylic acids is 1. The van der Waals surface area contributed by atoms with E-state index in [1.165, 1.54) is 0 Å². The molecule has 0 aliphatic rings. The summed E-state index contributed by atoms with van der Waals surface area (Å²) in [4.78, 5) is 20.8. The summed E-state index contributed by atoms with van der Waals surface area (Å²) in [6.45, 7) is 1.92. The van der Waals surface area contributed by atoms with Gasteiger partial charge >= 0.3 is 0 Å². The van der Waals surface area contributed by atoms with E-state index in [0.29, 0.717) is 5.69 Å². The van der Waals surface area contributed by atoms with Crippen LogP contribution in [0.25, 0.3) is 11.0 Å². The van der Waals surface area contributed by atoms with Crippen molar-refractivity contribution in [2.75, 3.05) is 0 Å². The number of aromatic nitrogens is 3. The minimum Gasteiger partial charge on any atom is -0.341 e. The maximum absolute atomic E-state index is 12.1. The summed E-state index contributed by atoms with van der Waals surface area (Å²) in [5.41, 5.74) is 2.38. The van der Waals surface area contributed by atoms with Crippen LogP contribution in [0.4, 0.5) is 0 Å². The maximum atomic E-state index is 12.1. The number of nitrogens with one attached hydrogen (secondary N) is 1. The van der Waals surface area contributed by atoms with Gasteiger partial charge in [-0.05, 0) is 31.2 Å². The number of pyridine rings is 1. The molecule has 3 aromatic rings. The molecular weight excluding hydrogens is 264 g/mol. The highest BCUT2D eigenvalue weighted by molar-refractivity contribution is 5.92. The quantitative estimate of drug-likeness (QED) is 0.801. The van der Waals surface area contributed by atoms with Crippen molar-refractivity contribution >= 4 is 16.9 Å². The minimum absolute atomic E-state index is 0.197. The van der Waals surface area contributed by atoms with Crippen LogP contribution < -0.4 is 5.32 Å². The molecule has 0 saturated heterocycles. The van der Waals surface area contributed by atoms with Gasteiger partial charge in [0.05, 0.1) is 17.1 Å². The Hall–Kier alpha value is -2.69. The first kappa shape index (κ1) is 13.3. The Balaban J connectivity index is 1.86. The first-order valence-electron chi connectivity index (χ1n) is 6.80. The first-order chi connectivity index (χ1) is 10.2. The Kier molecular flexibility index (Phi) is 3.39. The fourth-order valence-electron chi connectivity index (χ4n) is 2.38. The average Bonchev–Trinajstić information content (AvgIpc) is 2.86. The number of nitrogens with zero attached hydrogens (tertiary/aromatic N) is 3. The third kappa shape index (κ3) is 2.50. The molecule has 1 atom stereocenters. The zero-order valence-corrected chi connectivity index (χ0v) is 11.9. The summed E-state index contributed by atoms with van der Waals surface area (Å²) in [6, 6.07) is 13.0. The van der Waals surface area contributed by atoms with Crippen molar-refractivity contribution in [3.05, 3.63) is 60.2 Å². The van der Waals surface area contributed by atoms with Crippen molar-refractivity contribution in [2.45, 2.75) is 13.0 Å². The Morgan fingerprint density at radius 3 is 2.67 bits per heavy atom. The summed E-state index contributed by atoms with van der Waals surface area (Å²) in [6.07, 6.45) is 1.61.